The molecule has 0 spiro atoms. The minimum absolute atomic E-state index is 0.0512. The van der Waals surface area contributed by atoms with Gasteiger partial charge in [0.05, 0.1) is 5.02 Å². The predicted molar refractivity (Wildman–Crippen MR) is 119 cm³/mol. The fourth-order valence-corrected chi connectivity index (χ4v) is 3.23. The summed E-state index contributed by atoms with van der Waals surface area (Å²) in [5.41, 5.74) is 3.37. The van der Waals surface area contributed by atoms with Crippen LogP contribution in [-0.2, 0) is 9.59 Å². The summed E-state index contributed by atoms with van der Waals surface area (Å²) in [4.78, 5) is 24.0. The van der Waals surface area contributed by atoms with Crippen molar-refractivity contribution in [1.29, 1.82) is 0 Å². The van der Waals surface area contributed by atoms with Crippen molar-refractivity contribution in [2.75, 3.05) is 17.2 Å². The van der Waals surface area contributed by atoms with Crippen LogP contribution in [-0.4, -0.2) is 18.4 Å². The number of carbonyl (C=O) groups is 2. The lowest BCUT2D eigenvalue weighted by Gasteiger charge is -2.11. The van der Waals surface area contributed by atoms with E-state index < -0.39 is 0 Å². The highest BCUT2D eigenvalue weighted by molar-refractivity contribution is 6.32. The Balaban J connectivity index is 1.29. The molecule has 5 nitrogen and oxygen atoms in total. The van der Waals surface area contributed by atoms with Crippen molar-refractivity contribution < 1.29 is 14.3 Å². The number of halogens is 1. The molecule has 30 heavy (non-hydrogen) atoms. The van der Waals surface area contributed by atoms with Gasteiger partial charge in [-0.25, -0.2) is 0 Å². The highest BCUT2D eigenvalue weighted by Crippen LogP contribution is 2.31. The minimum Gasteiger partial charge on any atom is -0.482 e. The van der Waals surface area contributed by atoms with Crippen molar-refractivity contribution in [3.63, 3.8) is 0 Å². The van der Waals surface area contributed by atoms with Crippen molar-refractivity contribution in [1.82, 2.24) is 0 Å². The van der Waals surface area contributed by atoms with Gasteiger partial charge < -0.3 is 15.4 Å². The Hall–Kier alpha value is -3.31. The lowest BCUT2D eigenvalue weighted by molar-refractivity contribution is -0.118. The summed E-state index contributed by atoms with van der Waals surface area (Å²) in [5.74, 6) is 0.350. The average molecular weight is 421 g/mol. The first kappa shape index (κ1) is 20.0. The zero-order chi connectivity index (χ0) is 20.9. The van der Waals surface area contributed by atoms with Gasteiger partial charge in [-0.05, 0) is 60.4 Å². The lowest BCUT2D eigenvalue weighted by atomic mass is 10.1. The number of amides is 2. The van der Waals surface area contributed by atoms with Crippen molar-refractivity contribution in [2.24, 2.45) is 5.92 Å². The average Bonchev–Trinajstić information content (AvgIpc) is 3.60. The van der Waals surface area contributed by atoms with E-state index in [2.05, 4.69) is 10.6 Å². The maximum absolute atomic E-state index is 12.2. The highest BCUT2D eigenvalue weighted by atomic mass is 35.5. The van der Waals surface area contributed by atoms with Crippen molar-refractivity contribution in [2.45, 2.75) is 12.8 Å². The maximum Gasteiger partial charge on any atom is 0.262 e. The van der Waals surface area contributed by atoms with Crippen LogP contribution in [0.1, 0.15) is 12.8 Å². The summed E-state index contributed by atoms with van der Waals surface area (Å²) in [6.07, 6.45) is 1.91. The van der Waals surface area contributed by atoms with Gasteiger partial charge in [-0.15, -0.1) is 0 Å². The van der Waals surface area contributed by atoms with Crippen LogP contribution in [0.2, 0.25) is 5.02 Å². The van der Waals surface area contributed by atoms with Crippen LogP contribution in [0.15, 0.2) is 72.8 Å². The van der Waals surface area contributed by atoms with Crippen LogP contribution in [0, 0.1) is 5.92 Å². The molecule has 0 aromatic heterocycles. The molecule has 1 saturated carbocycles. The standard InChI is InChI=1S/C24H21ClN2O3/c25-21-14-18(16-4-2-1-3-5-16)8-13-22(21)30-15-23(28)26-19-9-11-20(12-10-19)27-24(29)17-6-7-17/h1-5,8-14,17H,6-7,15H2,(H,26,28)(H,27,29). The van der Waals surface area contributed by atoms with Gasteiger partial charge in [0.15, 0.2) is 6.61 Å². The Labute approximate surface area is 180 Å². The van der Waals surface area contributed by atoms with Gasteiger partial charge in [0.1, 0.15) is 5.75 Å². The molecule has 0 bridgehead atoms. The molecule has 1 fully saturated rings. The molecule has 2 amide bonds. The zero-order valence-corrected chi connectivity index (χ0v) is 17.0. The van der Waals surface area contributed by atoms with E-state index in [-0.39, 0.29) is 24.3 Å². The SMILES string of the molecule is O=C(COc1ccc(-c2ccccc2)cc1Cl)Nc1ccc(NC(=O)C2CC2)cc1. The second-order valence-corrected chi connectivity index (χ2v) is 7.60. The van der Waals surface area contributed by atoms with Crippen LogP contribution < -0.4 is 15.4 Å². The molecular formula is C24H21ClN2O3. The number of carbonyl (C=O) groups excluding carboxylic acids is 2. The molecule has 1 aliphatic carbocycles. The second kappa shape index (κ2) is 9.01. The smallest absolute Gasteiger partial charge is 0.262 e. The Morgan fingerprint density at radius 3 is 2.17 bits per heavy atom. The number of hydrogen-bond acceptors (Lipinski definition) is 3. The van der Waals surface area contributed by atoms with Crippen LogP contribution in [0.4, 0.5) is 11.4 Å². The molecule has 1 aliphatic rings. The topological polar surface area (TPSA) is 67.4 Å². The van der Waals surface area contributed by atoms with Gasteiger partial charge in [0, 0.05) is 17.3 Å². The van der Waals surface area contributed by atoms with Gasteiger partial charge in [0.25, 0.3) is 5.91 Å². The van der Waals surface area contributed by atoms with E-state index in [4.69, 9.17) is 16.3 Å². The first-order chi connectivity index (χ1) is 14.6. The molecule has 152 valence electrons. The van der Waals surface area contributed by atoms with E-state index >= 15 is 0 Å². The number of rotatable bonds is 7. The van der Waals surface area contributed by atoms with E-state index in [9.17, 15) is 9.59 Å². The predicted octanol–water partition coefficient (Wildman–Crippen LogP) is 5.37. The monoisotopic (exact) mass is 420 g/mol. The normalized spacial score (nSPS) is 12.8. The Morgan fingerprint density at radius 2 is 1.53 bits per heavy atom. The summed E-state index contributed by atoms with van der Waals surface area (Å²) >= 11 is 6.32. The zero-order valence-electron chi connectivity index (χ0n) is 16.2. The van der Waals surface area contributed by atoms with Gasteiger partial charge in [-0.3, -0.25) is 9.59 Å². The van der Waals surface area contributed by atoms with Crippen molar-refractivity contribution in [3.8, 4) is 16.9 Å². The molecule has 0 aliphatic heterocycles. The molecular weight excluding hydrogens is 400 g/mol. The second-order valence-electron chi connectivity index (χ2n) is 7.19. The van der Waals surface area contributed by atoms with E-state index in [1.807, 2.05) is 42.5 Å². The van der Waals surface area contributed by atoms with Gasteiger partial charge in [0.2, 0.25) is 5.91 Å². The molecule has 0 radical (unpaired) electrons. The molecule has 0 heterocycles. The first-order valence-corrected chi connectivity index (χ1v) is 10.1. The van der Waals surface area contributed by atoms with Gasteiger partial charge >= 0.3 is 0 Å². The summed E-state index contributed by atoms with van der Waals surface area (Å²) in [5, 5.41) is 6.07. The van der Waals surface area contributed by atoms with Crippen LogP contribution >= 0.6 is 11.6 Å². The van der Waals surface area contributed by atoms with E-state index in [0.717, 1.165) is 24.0 Å². The van der Waals surface area contributed by atoms with Crippen molar-refractivity contribution >= 4 is 34.8 Å². The first-order valence-electron chi connectivity index (χ1n) is 9.77. The number of anilines is 2. The largest absolute Gasteiger partial charge is 0.482 e. The maximum atomic E-state index is 12.2. The summed E-state index contributed by atoms with van der Waals surface area (Å²) in [6.45, 7) is -0.162. The lowest BCUT2D eigenvalue weighted by Crippen LogP contribution is -2.20. The Bertz CT molecular complexity index is 1050. The number of hydrogen-bond donors (Lipinski definition) is 2. The number of ether oxygens (including phenoxy) is 1. The number of nitrogens with one attached hydrogen (secondary N) is 2. The molecule has 0 unspecified atom stereocenters. The third-order valence-electron chi connectivity index (χ3n) is 4.78. The summed E-state index contributed by atoms with van der Waals surface area (Å²) in [7, 11) is 0. The third kappa shape index (κ3) is 5.19. The fourth-order valence-electron chi connectivity index (χ4n) is 3.00. The molecule has 6 heteroatoms. The fraction of sp³-hybridized carbons (Fsp3) is 0.167. The molecule has 3 aromatic rings. The quantitative estimate of drug-likeness (QED) is 0.539. The third-order valence-corrected chi connectivity index (χ3v) is 5.08. The molecule has 0 atom stereocenters. The van der Waals surface area contributed by atoms with E-state index in [1.54, 1.807) is 30.3 Å². The highest BCUT2D eigenvalue weighted by Gasteiger charge is 2.29. The molecule has 3 aromatic carbocycles. The Kier molecular flexibility index (Phi) is 6.00. The van der Waals surface area contributed by atoms with Gasteiger partial charge in [-0.1, -0.05) is 48.0 Å². The van der Waals surface area contributed by atoms with E-state index in [0.29, 0.717) is 22.1 Å². The van der Waals surface area contributed by atoms with Crippen molar-refractivity contribution in [3.05, 3.63) is 77.8 Å². The summed E-state index contributed by atoms with van der Waals surface area (Å²) in [6, 6.07) is 22.4. The van der Waals surface area contributed by atoms with Crippen LogP contribution in [0.25, 0.3) is 11.1 Å². The van der Waals surface area contributed by atoms with Crippen LogP contribution in [0.3, 0.4) is 0 Å². The number of benzene rings is 3. The van der Waals surface area contributed by atoms with Crippen LogP contribution in [0.5, 0.6) is 5.75 Å². The molecule has 0 saturated heterocycles. The van der Waals surface area contributed by atoms with Gasteiger partial charge in [-0.2, -0.15) is 0 Å². The Morgan fingerprint density at radius 1 is 0.867 bits per heavy atom. The molecule has 4 rings (SSSR count). The summed E-state index contributed by atoms with van der Waals surface area (Å²) < 4.78 is 5.57. The molecule has 2 N–H and O–H groups in total. The minimum atomic E-state index is -0.298. The van der Waals surface area contributed by atoms with E-state index in [1.165, 1.54) is 0 Å².